The lowest BCUT2D eigenvalue weighted by molar-refractivity contribution is -0.131. The van der Waals surface area contributed by atoms with Crippen molar-refractivity contribution in [1.29, 1.82) is 0 Å². The maximum absolute atomic E-state index is 14.3. The van der Waals surface area contributed by atoms with E-state index in [2.05, 4.69) is 5.10 Å². The van der Waals surface area contributed by atoms with Crippen LogP contribution in [0.3, 0.4) is 0 Å². The van der Waals surface area contributed by atoms with Crippen LogP contribution in [0.1, 0.15) is 23.2 Å². The van der Waals surface area contributed by atoms with Crippen LogP contribution in [0.4, 0.5) is 8.78 Å². The number of benzene rings is 1. The van der Waals surface area contributed by atoms with Crippen molar-refractivity contribution in [3.8, 4) is 0 Å². The third-order valence-corrected chi connectivity index (χ3v) is 5.19. The van der Waals surface area contributed by atoms with Gasteiger partial charge in [0.2, 0.25) is 5.91 Å². The second-order valence-corrected chi connectivity index (χ2v) is 6.79. The van der Waals surface area contributed by atoms with Crippen LogP contribution in [0.5, 0.6) is 0 Å². The molecule has 1 unspecified atom stereocenters. The van der Waals surface area contributed by atoms with Crippen molar-refractivity contribution in [2.75, 3.05) is 5.88 Å². The molecule has 1 aliphatic rings. The molecule has 8 heteroatoms. The molecule has 1 heterocycles. The number of hydrogen-bond acceptors (Lipinski definition) is 2. The van der Waals surface area contributed by atoms with Gasteiger partial charge in [0.05, 0.1) is 17.8 Å². The van der Waals surface area contributed by atoms with E-state index in [-0.39, 0.29) is 35.0 Å². The molecule has 4 nitrogen and oxygen atoms in total. The molecule has 1 amide bonds. The summed E-state index contributed by atoms with van der Waals surface area (Å²) in [6.45, 7) is -0.207. The normalized spacial score (nSPS) is 16.6. The first-order valence-corrected chi connectivity index (χ1v) is 8.81. The molecular weight excluding hydrogens is 371 g/mol. The van der Waals surface area contributed by atoms with Gasteiger partial charge in [-0.3, -0.25) is 9.48 Å². The zero-order chi connectivity index (χ0) is 18.1. The molecule has 0 radical (unpaired) electrons. The Labute approximate surface area is 154 Å². The van der Waals surface area contributed by atoms with Gasteiger partial charge in [-0.15, -0.1) is 11.6 Å². The molecule has 2 aromatic rings. The summed E-state index contributed by atoms with van der Waals surface area (Å²) >= 11 is 11.5. The zero-order valence-electron chi connectivity index (χ0n) is 13.6. The Morgan fingerprint density at radius 1 is 1.44 bits per heavy atom. The quantitative estimate of drug-likeness (QED) is 0.594. The van der Waals surface area contributed by atoms with E-state index in [0.29, 0.717) is 12.8 Å². The molecular formula is C17H17Cl2F2N3O. The van der Waals surface area contributed by atoms with Crippen molar-refractivity contribution in [3.05, 3.63) is 51.8 Å². The molecule has 0 N–H and O–H groups in total. The molecule has 1 aromatic heterocycles. The highest BCUT2D eigenvalue weighted by Gasteiger charge is 2.30. The van der Waals surface area contributed by atoms with Crippen LogP contribution < -0.4 is 0 Å². The van der Waals surface area contributed by atoms with E-state index in [4.69, 9.17) is 23.2 Å². The number of amides is 1. The lowest BCUT2D eigenvalue weighted by Gasteiger charge is -2.34. The van der Waals surface area contributed by atoms with Gasteiger partial charge in [0.1, 0.15) is 17.5 Å². The van der Waals surface area contributed by atoms with Crippen LogP contribution in [-0.2, 0) is 31.2 Å². The highest BCUT2D eigenvalue weighted by Crippen LogP contribution is 2.28. The highest BCUT2D eigenvalue weighted by molar-refractivity contribution is 6.30. The Kier molecular flexibility index (Phi) is 5.29. The van der Waals surface area contributed by atoms with E-state index >= 15 is 0 Å². The van der Waals surface area contributed by atoms with Gasteiger partial charge in [-0.1, -0.05) is 11.6 Å². The van der Waals surface area contributed by atoms with E-state index < -0.39 is 11.6 Å². The molecule has 1 aliphatic carbocycles. The molecule has 0 bridgehead atoms. The lowest BCUT2D eigenvalue weighted by atomic mass is 9.92. The van der Waals surface area contributed by atoms with Crippen LogP contribution in [0.15, 0.2) is 18.3 Å². The van der Waals surface area contributed by atoms with Gasteiger partial charge >= 0.3 is 0 Å². The van der Waals surface area contributed by atoms with Crippen molar-refractivity contribution < 1.29 is 13.6 Å². The van der Waals surface area contributed by atoms with Gasteiger partial charge in [0.15, 0.2) is 0 Å². The van der Waals surface area contributed by atoms with Crippen LogP contribution in [0, 0.1) is 11.6 Å². The third kappa shape index (κ3) is 3.51. The zero-order valence-corrected chi connectivity index (χ0v) is 15.1. The second-order valence-electron chi connectivity index (χ2n) is 6.11. The van der Waals surface area contributed by atoms with E-state index in [1.165, 1.54) is 4.90 Å². The fraction of sp³-hybridized carbons (Fsp3) is 0.412. The number of nitrogens with zero attached hydrogens (tertiary/aromatic N) is 3. The molecule has 0 spiro atoms. The summed E-state index contributed by atoms with van der Waals surface area (Å²) in [5, 5.41) is 4.06. The number of fused-ring (bicyclic) bond motifs is 1. The minimum atomic E-state index is -0.842. The maximum atomic E-state index is 14.3. The van der Waals surface area contributed by atoms with Gasteiger partial charge in [0, 0.05) is 30.8 Å². The first-order valence-electron chi connectivity index (χ1n) is 7.90. The smallest absolute Gasteiger partial charge is 0.238 e. The van der Waals surface area contributed by atoms with Crippen molar-refractivity contribution in [1.82, 2.24) is 14.7 Å². The molecule has 1 aromatic carbocycles. The summed E-state index contributed by atoms with van der Waals surface area (Å²) in [5.41, 5.74) is 1.94. The highest BCUT2D eigenvalue weighted by atomic mass is 35.5. The molecule has 0 fully saturated rings. The fourth-order valence-corrected chi connectivity index (χ4v) is 3.61. The predicted molar refractivity (Wildman–Crippen MR) is 91.7 cm³/mol. The summed E-state index contributed by atoms with van der Waals surface area (Å²) in [4.78, 5) is 13.8. The molecule has 25 heavy (non-hydrogen) atoms. The molecule has 134 valence electrons. The molecule has 3 rings (SSSR count). The average Bonchev–Trinajstić information content (AvgIpc) is 2.98. The summed E-state index contributed by atoms with van der Waals surface area (Å²) in [6.07, 6.45) is 3.82. The van der Waals surface area contributed by atoms with Crippen molar-refractivity contribution in [2.45, 2.75) is 31.8 Å². The second kappa shape index (κ2) is 7.30. The topological polar surface area (TPSA) is 38.1 Å². The average molecular weight is 388 g/mol. The summed E-state index contributed by atoms with van der Waals surface area (Å²) in [5.74, 6) is -2.19. The van der Waals surface area contributed by atoms with Crippen LogP contribution in [0.2, 0.25) is 5.02 Å². The number of alkyl halides is 1. The Bertz CT molecular complexity index is 809. The number of aryl methyl sites for hydroxylation is 2. The Hall–Kier alpha value is -1.66. The van der Waals surface area contributed by atoms with Crippen molar-refractivity contribution in [3.63, 3.8) is 0 Å². The van der Waals surface area contributed by atoms with Crippen molar-refractivity contribution >= 4 is 29.1 Å². The largest absolute Gasteiger partial charge is 0.334 e. The molecule has 0 saturated carbocycles. The van der Waals surface area contributed by atoms with E-state index in [1.807, 2.05) is 13.2 Å². The minimum Gasteiger partial charge on any atom is -0.334 e. The van der Waals surface area contributed by atoms with Crippen LogP contribution >= 0.6 is 23.2 Å². The van der Waals surface area contributed by atoms with Gasteiger partial charge in [-0.2, -0.15) is 5.10 Å². The van der Waals surface area contributed by atoms with E-state index in [9.17, 15) is 13.6 Å². The maximum Gasteiger partial charge on any atom is 0.238 e. The Balaban J connectivity index is 1.91. The summed E-state index contributed by atoms with van der Waals surface area (Å²) in [7, 11) is 1.84. The Morgan fingerprint density at radius 2 is 2.20 bits per heavy atom. The van der Waals surface area contributed by atoms with Gasteiger partial charge in [0.25, 0.3) is 0 Å². The summed E-state index contributed by atoms with van der Waals surface area (Å²) in [6, 6.07) is 2.06. The fourth-order valence-electron chi connectivity index (χ4n) is 3.28. The van der Waals surface area contributed by atoms with E-state index in [1.54, 1.807) is 4.68 Å². The number of hydrogen-bond donors (Lipinski definition) is 0. The van der Waals surface area contributed by atoms with Gasteiger partial charge < -0.3 is 4.90 Å². The lowest BCUT2D eigenvalue weighted by Crippen LogP contribution is -2.44. The molecule has 0 saturated heterocycles. The number of aromatic nitrogens is 2. The van der Waals surface area contributed by atoms with Crippen LogP contribution in [0.25, 0.3) is 0 Å². The minimum absolute atomic E-state index is 0.174. The van der Waals surface area contributed by atoms with Crippen molar-refractivity contribution in [2.24, 2.45) is 7.05 Å². The first-order chi connectivity index (χ1) is 11.9. The monoisotopic (exact) mass is 387 g/mol. The standard InChI is InChI=1S/C17H17Cl2F2N3O/c1-23-15-6-11(3-2-10(15)8-22-23)24(16(25)7-18)9-12-14(20)5-4-13(19)17(12)21/h4-5,8,11H,2-3,6-7,9H2,1H3. The van der Waals surface area contributed by atoms with Gasteiger partial charge in [-0.25, -0.2) is 8.78 Å². The van der Waals surface area contributed by atoms with E-state index in [0.717, 1.165) is 29.8 Å². The predicted octanol–water partition coefficient (Wildman–Crippen LogP) is 3.48. The van der Waals surface area contributed by atoms with Gasteiger partial charge in [-0.05, 0) is 30.5 Å². The first kappa shape index (κ1) is 18.1. The third-order valence-electron chi connectivity index (χ3n) is 4.67. The summed E-state index contributed by atoms with van der Waals surface area (Å²) < 4.78 is 30.1. The SMILES string of the molecule is Cn1ncc2c1CC(N(Cc1c(F)ccc(Cl)c1F)C(=O)CCl)CC2. The molecule has 0 aliphatic heterocycles. The number of rotatable bonds is 4. The van der Waals surface area contributed by atoms with Crippen LogP contribution in [-0.4, -0.2) is 32.5 Å². The Morgan fingerprint density at radius 3 is 2.92 bits per heavy atom. The molecule has 1 atom stereocenters. The number of carbonyl (C=O) groups is 1. The number of halogens is 4. The number of carbonyl (C=O) groups excluding carboxylic acids is 1.